The molecule has 0 bridgehead atoms. The van der Waals surface area contributed by atoms with Crippen LogP contribution < -0.4 is 4.74 Å². The molecule has 2 aromatic carbocycles. The topological polar surface area (TPSA) is 67.7 Å². The van der Waals surface area contributed by atoms with Gasteiger partial charge in [0.1, 0.15) is 5.82 Å². The second-order valence-electron chi connectivity index (χ2n) is 7.91. The lowest BCUT2D eigenvalue weighted by Gasteiger charge is -2.29. The number of hydrogen-bond acceptors (Lipinski definition) is 5. The van der Waals surface area contributed by atoms with Crippen molar-refractivity contribution in [2.24, 2.45) is 4.99 Å². The number of aromatic nitrogens is 2. The highest BCUT2D eigenvalue weighted by Crippen LogP contribution is 2.30. The van der Waals surface area contributed by atoms with Gasteiger partial charge in [-0.2, -0.15) is 0 Å². The highest BCUT2D eigenvalue weighted by molar-refractivity contribution is 6.15. The molecule has 2 aliphatic rings. The van der Waals surface area contributed by atoms with Crippen molar-refractivity contribution in [2.75, 3.05) is 7.11 Å². The summed E-state index contributed by atoms with van der Waals surface area (Å²) in [6.45, 7) is 3.30. The van der Waals surface area contributed by atoms with Crippen molar-refractivity contribution in [3.05, 3.63) is 87.5 Å². The van der Waals surface area contributed by atoms with Crippen LogP contribution in [0, 0.1) is 12.7 Å². The molecule has 6 nitrogen and oxygen atoms in total. The third kappa shape index (κ3) is 3.56. The Balaban J connectivity index is 1.42. The molecule has 5 rings (SSSR count). The fourth-order valence-corrected chi connectivity index (χ4v) is 4.18. The van der Waals surface area contributed by atoms with Gasteiger partial charge in [-0.3, -0.25) is 9.79 Å². The highest BCUT2D eigenvalue weighted by atomic mass is 19.1. The van der Waals surface area contributed by atoms with E-state index in [-0.39, 0.29) is 11.7 Å². The number of fused-ring (bicyclic) bond motifs is 2. The lowest BCUT2D eigenvalue weighted by molar-refractivity contribution is -0.132. The minimum Gasteiger partial charge on any atom is -0.467 e. The van der Waals surface area contributed by atoms with Gasteiger partial charge < -0.3 is 9.64 Å². The smallest absolute Gasteiger partial charge is 0.316 e. The van der Waals surface area contributed by atoms with Crippen molar-refractivity contribution in [1.29, 1.82) is 0 Å². The summed E-state index contributed by atoms with van der Waals surface area (Å²) < 4.78 is 18.6. The molecule has 0 atom stereocenters. The lowest BCUT2D eigenvalue weighted by Crippen LogP contribution is -2.35. The minimum atomic E-state index is -0.232. The Morgan fingerprint density at radius 1 is 1.10 bits per heavy atom. The normalized spacial score (nSPS) is 14.9. The van der Waals surface area contributed by atoms with Gasteiger partial charge in [0.15, 0.2) is 0 Å². The van der Waals surface area contributed by atoms with E-state index in [2.05, 4.69) is 27.1 Å². The van der Waals surface area contributed by atoms with E-state index in [4.69, 9.17) is 4.74 Å². The van der Waals surface area contributed by atoms with Crippen LogP contribution in [-0.4, -0.2) is 33.6 Å². The standard InChI is InChI=1S/C24H21FN4O2/c1-14-5-15(3-4-21(14)25)12-29-13-18-7-20-17(6-16(18)8-22(29)30)9-26-23(20)19-10-27-24(31-2)28-11-19/h3-7,10-11H,8-9,12-13H2,1-2H3. The Labute approximate surface area is 179 Å². The number of hydrogen-bond donors (Lipinski definition) is 0. The van der Waals surface area contributed by atoms with Crippen molar-refractivity contribution in [2.45, 2.75) is 33.0 Å². The first-order valence-electron chi connectivity index (χ1n) is 10.1. The summed E-state index contributed by atoms with van der Waals surface area (Å²) in [5.41, 5.74) is 7.54. The van der Waals surface area contributed by atoms with E-state index >= 15 is 0 Å². The van der Waals surface area contributed by atoms with Crippen molar-refractivity contribution in [3.8, 4) is 6.01 Å². The van der Waals surface area contributed by atoms with E-state index in [1.54, 1.807) is 31.5 Å². The van der Waals surface area contributed by atoms with E-state index in [1.807, 2.05) is 4.90 Å². The molecular formula is C24H21FN4O2. The number of carbonyl (C=O) groups is 1. The first-order valence-corrected chi connectivity index (χ1v) is 10.1. The van der Waals surface area contributed by atoms with Crippen LogP contribution in [0.15, 0.2) is 47.7 Å². The average Bonchev–Trinajstić information content (AvgIpc) is 3.18. The van der Waals surface area contributed by atoms with Crippen LogP contribution in [-0.2, 0) is 30.8 Å². The molecule has 3 aromatic rings. The maximum absolute atomic E-state index is 13.6. The van der Waals surface area contributed by atoms with Crippen LogP contribution in [0.1, 0.15) is 38.9 Å². The van der Waals surface area contributed by atoms with E-state index in [0.29, 0.717) is 37.6 Å². The summed E-state index contributed by atoms with van der Waals surface area (Å²) >= 11 is 0. The molecule has 0 aliphatic carbocycles. The first kappa shape index (κ1) is 19.4. The van der Waals surface area contributed by atoms with Crippen molar-refractivity contribution in [3.63, 3.8) is 0 Å². The fraction of sp³-hybridized carbons (Fsp3) is 0.250. The van der Waals surface area contributed by atoms with Gasteiger partial charge in [0, 0.05) is 36.6 Å². The predicted octanol–water partition coefficient (Wildman–Crippen LogP) is 3.37. The molecule has 7 heteroatoms. The van der Waals surface area contributed by atoms with Gasteiger partial charge in [0.25, 0.3) is 0 Å². The molecule has 1 amide bonds. The number of halogens is 1. The van der Waals surface area contributed by atoms with Gasteiger partial charge in [-0.15, -0.1) is 0 Å². The SMILES string of the molecule is COc1ncc(C2=NCc3cc4c(cc32)CN(Cc2ccc(F)c(C)c2)C(=O)C4)cn1. The summed E-state index contributed by atoms with van der Waals surface area (Å²) in [6, 6.07) is 9.55. The molecule has 0 spiro atoms. The fourth-order valence-electron chi connectivity index (χ4n) is 4.18. The first-order chi connectivity index (χ1) is 15.0. The Morgan fingerprint density at radius 2 is 1.90 bits per heavy atom. The van der Waals surface area contributed by atoms with Crippen LogP contribution in [0.3, 0.4) is 0 Å². The maximum atomic E-state index is 13.6. The maximum Gasteiger partial charge on any atom is 0.316 e. The number of nitrogens with zero attached hydrogens (tertiary/aromatic N) is 4. The molecule has 0 radical (unpaired) electrons. The van der Waals surface area contributed by atoms with Crippen molar-refractivity contribution >= 4 is 11.6 Å². The summed E-state index contributed by atoms with van der Waals surface area (Å²) in [7, 11) is 1.53. The molecule has 0 saturated heterocycles. The van der Waals surface area contributed by atoms with Gasteiger partial charge >= 0.3 is 6.01 Å². The minimum absolute atomic E-state index is 0.0807. The quantitative estimate of drug-likeness (QED) is 0.654. The predicted molar refractivity (Wildman–Crippen MR) is 113 cm³/mol. The number of rotatable bonds is 4. The summed E-state index contributed by atoms with van der Waals surface area (Å²) in [5.74, 6) is -0.152. The van der Waals surface area contributed by atoms with Crippen molar-refractivity contribution < 1.29 is 13.9 Å². The number of carbonyl (C=O) groups excluding carboxylic acids is 1. The molecule has 0 saturated carbocycles. The van der Waals surface area contributed by atoms with Crippen LogP contribution >= 0.6 is 0 Å². The number of ether oxygens (including phenoxy) is 1. The van der Waals surface area contributed by atoms with Gasteiger partial charge in [0.2, 0.25) is 5.91 Å². The van der Waals surface area contributed by atoms with Gasteiger partial charge in [-0.05, 0) is 46.9 Å². The Bertz CT molecular complexity index is 1220. The zero-order valence-electron chi connectivity index (χ0n) is 17.4. The highest BCUT2D eigenvalue weighted by Gasteiger charge is 2.27. The third-order valence-corrected chi connectivity index (χ3v) is 5.82. The molecule has 31 heavy (non-hydrogen) atoms. The summed E-state index contributed by atoms with van der Waals surface area (Å²) in [5, 5.41) is 0. The van der Waals surface area contributed by atoms with Crippen LogP contribution in [0.4, 0.5) is 4.39 Å². The molecule has 0 N–H and O–H groups in total. The summed E-state index contributed by atoms with van der Waals surface area (Å²) in [4.78, 5) is 27.6. The molecular weight excluding hydrogens is 395 g/mol. The Kier molecular flexibility index (Phi) is 4.73. The molecule has 0 fully saturated rings. The molecule has 0 unspecified atom stereocenters. The van der Waals surface area contributed by atoms with Gasteiger partial charge in [-0.25, -0.2) is 14.4 Å². The monoisotopic (exact) mass is 416 g/mol. The van der Waals surface area contributed by atoms with Crippen LogP contribution in [0.5, 0.6) is 6.01 Å². The second-order valence-corrected chi connectivity index (χ2v) is 7.91. The number of methoxy groups -OCH3 is 1. The summed E-state index contributed by atoms with van der Waals surface area (Å²) in [6.07, 6.45) is 3.79. The Hall–Kier alpha value is -3.61. The molecule has 2 aliphatic heterocycles. The zero-order valence-corrected chi connectivity index (χ0v) is 17.4. The van der Waals surface area contributed by atoms with Gasteiger partial charge in [0.05, 0.1) is 25.8 Å². The largest absolute Gasteiger partial charge is 0.467 e. The lowest BCUT2D eigenvalue weighted by atomic mass is 9.91. The van der Waals surface area contributed by atoms with Gasteiger partial charge in [-0.1, -0.05) is 18.2 Å². The average molecular weight is 416 g/mol. The number of benzene rings is 2. The van der Waals surface area contributed by atoms with E-state index < -0.39 is 0 Å². The van der Waals surface area contributed by atoms with E-state index in [9.17, 15) is 9.18 Å². The van der Waals surface area contributed by atoms with Crippen LogP contribution in [0.25, 0.3) is 0 Å². The Morgan fingerprint density at radius 3 is 2.65 bits per heavy atom. The van der Waals surface area contributed by atoms with E-state index in [0.717, 1.165) is 39.1 Å². The molecule has 1 aromatic heterocycles. The molecule has 3 heterocycles. The zero-order chi connectivity index (χ0) is 21.5. The number of amides is 1. The van der Waals surface area contributed by atoms with Crippen molar-refractivity contribution in [1.82, 2.24) is 14.9 Å². The second kappa shape index (κ2) is 7.58. The molecule has 156 valence electrons. The number of aliphatic imine (C=N–C) groups is 1. The van der Waals surface area contributed by atoms with E-state index in [1.165, 1.54) is 13.2 Å². The van der Waals surface area contributed by atoms with Crippen LogP contribution in [0.2, 0.25) is 0 Å². The number of aryl methyl sites for hydroxylation is 1. The third-order valence-electron chi connectivity index (χ3n) is 5.82.